The van der Waals surface area contributed by atoms with Crippen molar-refractivity contribution in [2.24, 2.45) is 0 Å². The number of hydrogen-bond acceptors (Lipinski definition) is 1. The Morgan fingerprint density at radius 1 is 0.824 bits per heavy atom. The number of piperidine rings is 1. The molecular weight excluding hydrogens is 210 g/mol. The lowest BCUT2D eigenvalue weighted by Crippen LogP contribution is -2.47. The van der Waals surface area contributed by atoms with Crippen LogP contribution in [0.2, 0.25) is 0 Å². The molecule has 0 atom stereocenters. The second kappa shape index (κ2) is 4.13. The zero-order chi connectivity index (χ0) is 11.7. The molecular formula is C15H17NO. The first-order valence-electron chi connectivity index (χ1n) is 6.36. The van der Waals surface area contributed by atoms with E-state index in [1.165, 1.54) is 11.8 Å². The topological polar surface area (TPSA) is 23.1 Å². The highest BCUT2D eigenvalue weighted by atomic mass is 16.5. The van der Waals surface area contributed by atoms with Crippen LogP contribution in [-0.4, -0.2) is 13.1 Å². The van der Waals surface area contributed by atoms with Gasteiger partial charge >= 0.3 is 0 Å². The summed E-state index contributed by atoms with van der Waals surface area (Å²) >= 11 is 0. The normalized spacial score (nSPS) is 19.4. The van der Waals surface area contributed by atoms with Gasteiger partial charge in [0.05, 0.1) is 13.1 Å². The van der Waals surface area contributed by atoms with Gasteiger partial charge in [-0.05, 0) is 30.7 Å². The number of hydrogen-bond donors (Lipinski definition) is 0. The van der Waals surface area contributed by atoms with E-state index in [1.807, 2.05) is 24.3 Å². The maximum atomic E-state index is 12.9. The van der Waals surface area contributed by atoms with Gasteiger partial charge in [-0.15, -0.1) is 0 Å². The lowest BCUT2D eigenvalue weighted by molar-refractivity contribution is 0.309. The van der Waals surface area contributed by atoms with Crippen LogP contribution in [0.25, 0.3) is 10.8 Å². The van der Waals surface area contributed by atoms with Gasteiger partial charge in [0.2, 0.25) is 0 Å². The Labute approximate surface area is 102 Å². The van der Waals surface area contributed by atoms with Gasteiger partial charge in [0.1, 0.15) is 5.69 Å². The first-order chi connectivity index (χ1) is 8.30. The van der Waals surface area contributed by atoms with Crippen LogP contribution < -0.4 is 4.65 Å². The van der Waals surface area contributed by atoms with E-state index in [4.69, 9.17) is 0 Å². The summed E-state index contributed by atoms with van der Waals surface area (Å²) in [7, 11) is 0. The SMILES string of the molecule is [O-][N+]1(c2cccc3ccccc23)CCCCC1. The molecule has 2 aromatic carbocycles. The number of quaternary nitrogens is 1. The van der Waals surface area contributed by atoms with Crippen molar-refractivity contribution in [2.45, 2.75) is 19.3 Å². The van der Waals surface area contributed by atoms with Crippen LogP contribution in [0.15, 0.2) is 42.5 Å². The molecule has 1 saturated heterocycles. The maximum absolute atomic E-state index is 12.9. The fourth-order valence-corrected chi connectivity index (χ4v) is 2.83. The predicted molar refractivity (Wildman–Crippen MR) is 72.7 cm³/mol. The molecule has 0 radical (unpaired) electrons. The Hall–Kier alpha value is -1.38. The third-order valence-corrected chi connectivity index (χ3v) is 3.74. The molecule has 2 heteroatoms. The Balaban J connectivity index is 2.16. The number of nitrogens with zero attached hydrogens (tertiary/aromatic N) is 1. The highest BCUT2D eigenvalue weighted by Gasteiger charge is 2.25. The van der Waals surface area contributed by atoms with Gasteiger partial charge in [0.15, 0.2) is 0 Å². The van der Waals surface area contributed by atoms with Crippen LogP contribution in [0.3, 0.4) is 0 Å². The van der Waals surface area contributed by atoms with E-state index in [0.29, 0.717) is 0 Å². The molecule has 3 rings (SSSR count). The number of benzene rings is 2. The van der Waals surface area contributed by atoms with E-state index in [1.54, 1.807) is 0 Å². The fourth-order valence-electron chi connectivity index (χ4n) is 2.83. The van der Waals surface area contributed by atoms with Crippen molar-refractivity contribution in [1.29, 1.82) is 0 Å². The summed E-state index contributed by atoms with van der Waals surface area (Å²) in [4.78, 5) is 0. The summed E-state index contributed by atoms with van der Waals surface area (Å²) in [5, 5.41) is 15.2. The van der Waals surface area contributed by atoms with Crippen LogP contribution in [0.4, 0.5) is 5.69 Å². The minimum Gasteiger partial charge on any atom is -0.627 e. The third kappa shape index (κ3) is 1.84. The largest absolute Gasteiger partial charge is 0.627 e. The zero-order valence-electron chi connectivity index (χ0n) is 9.93. The molecule has 2 nitrogen and oxygen atoms in total. The van der Waals surface area contributed by atoms with Crippen molar-refractivity contribution in [2.75, 3.05) is 13.1 Å². The summed E-state index contributed by atoms with van der Waals surface area (Å²) in [5.74, 6) is 0. The molecule has 0 spiro atoms. The number of fused-ring (bicyclic) bond motifs is 1. The van der Waals surface area contributed by atoms with Crippen molar-refractivity contribution in [1.82, 2.24) is 4.65 Å². The second-order valence-electron chi connectivity index (χ2n) is 4.90. The molecule has 0 N–H and O–H groups in total. The maximum Gasteiger partial charge on any atom is 0.140 e. The van der Waals surface area contributed by atoms with E-state index < -0.39 is 0 Å². The zero-order valence-corrected chi connectivity index (χ0v) is 9.93. The smallest absolute Gasteiger partial charge is 0.140 e. The third-order valence-electron chi connectivity index (χ3n) is 3.74. The molecule has 0 aromatic heterocycles. The molecule has 1 fully saturated rings. The van der Waals surface area contributed by atoms with E-state index in [-0.39, 0.29) is 4.65 Å². The van der Waals surface area contributed by atoms with Gasteiger partial charge in [-0.2, -0.15) is 0 Å². The summed E-state index contributed by atoms with van der Waals surface area (Å²) in [6.07, 6.45) is 3.30. The molecule has 0 amide bonds. The molecule has 0 unspecified atom stereocenters. The van der Waals surface area contributed by atoms with Gasteiger partial charge < -0.3 is 9.85 Å². The summed E-state index contributed by atoms with van der Waals surface area (Å²) < 4.78 is -0.138. The summed E-state index contributed by atoms with van der Waals surface area (Å²) in [6, 6.07) is 14.3. The van der Waals surface area contributed by atoms with E-state index >= 15 is 0 Å². The molecule has 88 valence electrons. The van der Waals surface area contributed by atoms with E-state index in [0.717, 1.165) is 37.0 Å². The Morgan fingerprint density at radius 3 is 2.35 bits per heavy atom. The summed E-state index contributed by atoms with van der Waals surface area (Å²) in [5.41, 5.74) is 0.947. The van der Waals surface area contributed by atoms with Crippen molar-refractivity contribution in [3.8, 4) is 0 Å². The Morgan fingerprint density at radius 2 is 1.53 bits per heavy atom. The van der Waals surface area contributed by atoms with Gasteiger partial charge in [-0.1, -0.05) is 30.3 Å². The minimum absolute atomic E-state index is 0.138. The van der Waals surface area contributed by atoms with Crippen molar-refractivity contribution >= 4 is 16.5 Å². The molecule has 1 aliphatic heterocycles. The summed E-state index contributed by atoms with van der Waals surface area (Å²) in [6.45, 7) is 1.46. The lowest BCUT2D eigenvalue weighted by Gasteiger charge is -2.45. The van der Waals surface area contributed by atoms with Gasteiger partial charge in [0.25, 0.3) is 0 Å². The number of hydroxylamine groups is 2. The Kier molecular flexibility index (Phi) is 2.61. The molecule has 0 bridgehead atoms. The Bertz CT molecular complexity index is 524. The van der Waals surface area contributed by atoms with Crippen molar-refractivity contribution in [3.05, 3.63) is 47.7 Å². The first-order valence-corrected chi connectivity index (χ1v) is 6.36. The second-order valence-corrected chi connectivity index (χ2v) is 4.90. The first kappa shape index (κ1) is 10.8. The van der Waals surface area contributed by atoms with Crippen LogP contribution in [0.1, 0.15) is 19.3 Å². The molecule has 17 heavy (non-hydrogen) atoms. The standard InChI is InChI=1S/C15H17NO/c17-16(11-4-1-5-12-16)15-10-6-8-13-7-2-3-9-14(13)15/h2-3,6-10H,1,4-5,11-12H2. The van der Waals surface area contributed by atoms with E-state index in [9.17, 15) is 5.21 Å². The molecule has 2 aromatic rings. The predicted octanol–water partition coefficient (Wildman–Crippen LogP) is 3.83. The number of rotatable bonds is 1. The van der Waals surface area contributed by atoms with Crippen LogP contribution in [0.5, 0.6) is 0 Å². The minimum atomic E-state index is -0.138. The molecule has 1 aliphatic rings. The fraction of sp³-hybridized carbons (Fsp3) is 0.333. The lowest BCUT2D eigenvalue weighted by atomic mass is 10.0. The van der Waals surface area contributed by atoms with E-state index in [2.05, 4.69) is 18.2 Å². The van der Waals surface area contributed by atoms with Gasteiger partial charge in [0, 0.05) is 11.5 Å². The molecule has 1 heterocycles. The monoisotopic (exact) mass is 227 g/mol. The van der Waals surface area contributed by atoms with Crippen LogP contribution in [-0.2, 0) is 0 Å². The molecule has 0 saturated carbocycles. The van der Waals surface area contributed by atoms with Crippen LogP contribution in [0, 0.1) is 5.21 Å². The average molecular weight is 227 g/mol. The highest BCUT2D eigenvalue weighted by Crippen LogP contribution is 2.33. The van der Waals surface area contributed by atoms with Gasteiger partial charge in [-0.25, -0.2) is 0 Å². The molecule has 0 aliphatic carbocycles. The van der Waals surface area contributed by atoms with Gasteiger partial charge in [-0.3, -0.25) is 0 Å². The van der Waals surface area contributed by atoms with Crippen LogP contribution >= 0.6 is 0 Å². The van der Waals surface area contributed by atoms with Crippen molar-refractivity contribution < 1.29 is 0 Å². The highest BCUT2D eigenvalue weighted by molar-refractivity contribution is 5.93. The quantitative estimate of drug-likeness (QED) is 0.536. The van der Waals surface area contributed by atoms with Crippen molar-refractivity contribution in [3.63, 3.8) is 0 Å². The average Bonchev–Trinajstić information content (AvgIpc) is 2.39.